The molecule has 0 unspecified atom stereocenters. The van der Waals surface area contributed by atoms with Crippen LogP contribution in [0.3, 0.4) is 0 Å². The standard InChI is InChI=1S/C25H21N5O4S/c26-25(27)35-7-3-6-30-11-16(14-8-19-20(9-18(14)30)34-12-33-19)22-21(23(31)29-24(22)32)15-10-28-17-5-2-1-4-13(15)17/h1-2,4-5,8-11,28H,3,6-7,12H2,(H3,26,27)(H,29,31,32). The van der Waals surface area contributed by atoms with Crippen LogP contribution in [0.1, 0.15) is 17.5 Å². The van der Waals surface area contributed by atoms with Crippen LogP contribution in [0.25, 0.3) is 33.0 Å². The Hall–Kier alpha value is -4.18. The molecule has 4 aromatic rings. The van der Waals surface area contributed by atoms with E-state index < -0.39 is 11.8 Å². The number of fused-ring (bicyclic) bond motifs is 3. The van der Waals surface area contributed by atoms with Gasteiger partial charge in [-0.25, -0.2) is 0 Å². The molecule has 0 aliphatic carbocycles. The minimum absolute atomic E-state index is 0.0843. The molecule has 5 N–H and O–H groups in total. The van der Waals surface area contributed by atoms with E-state index in [1.54, 1.807) is 6.20 Å². The van der Waals surface area contributed by atoms with Gasteiger partial charge in [-0.3, -0.25) is 20.3 Å². The molecule has 6 rings (SSSR count). The van der Waals surface area contributed by atoms with E-state index in [1.165, 1.54) is 11.8 Å². The number of benzene rings is 2. The zero-order valence-corrected chi connectivity index (χ0v) is 19.3. The van der Waals surface area contributed by atoms with Crippen LogP contribution in [0.4, 0.5) is 0 Å². The molecule has 9 nitrogen and oxygen atoms in total. The smallest absolute Gasteiger partial charge is 0.259 e. The molecule has 10 heteroatoms. The average Bonchev–Trinajstić information content (AvgIpc) is 3.60. The van der Waals surface area contributed by atoms with E-state index in [9.17, 15) is 9.59 Å². The van der Waals surface area contributed by atoms with Crippen LogP contribution in [0.2, 0.25) is 0 Å². The molecule has 4 heterocycles. The van der Waals surface area contributed by atoms with E-state index >= 15 is 0 Å². The summed E-state index contributed by atoms with van der Waals surface area (Å²) in [5.41, 5.74) is 9.23. The fourth-order valence-electron chi connectivity index (χ4n) is 4.73. The van der Waals surface area contributed by atoms with Gasteiger partial charge in [0.05, 0.1) is 16.7 Å². The van der Waals surface area contributed by atoms with Gasteiger partial charge in [0.2, 0.25) is 6.79 Å². The minimum atomic E-state index is -0.431. The number of thioether (sulfide) groups is 1. The molecule has 0 saturated heterocycles. The molecule has 0 spiro atoms. The van der Waals surface area contributed by atoms with Crippen molar-refractivity contribution >= 4 is 61.7 Å². The first-order chi connectivity index (χ1) is 17.0. The molecule has 0 atom stereocenters. The number of amides is 2. The number of nitrogens with one attached hydrogen (secondary N) is 3. The third-order valence-electron chi connectivity index (χ3n) is 6.24. The predicted octanol–water partition coefficient (Wildman–Crippen LogP) is 3.44. The second-order valence-electron chi connectivity index (χ2n) is 8.31. The van der Waals surface area contributed by atoms with Gasteiger partial charge in [0.25, 0.3) is 11.8 Å². The summed E-state index contributed by atoms with van der Waals surface area (Å²) in [5, 5.41) is 11.7. The van der Waals surface area contributed by atoms with Crippen LogP contribution in [0.5, 0.6) is 11.5 Å². The van der Waals surface area contributed by atoms with Crippen molar-refractivity contribution in [3.63, 3.8) is 0 Å². The maximum atomic E-state index is 13.1. The minimum Gasteiger partial charge on any atom is -0.454 e. The van der Waals surface area contributed by atoms with Gasteiger partial charge in [0.1, 0.15) is 0 Å². The van der Waals surface area contributed by atoms with Gasteiger partial charge in [-0.1, -0.05) is 30.0 Å². The number of aromatic amines is 1. The maximum absolute atomic E-state index is 13.1. The molecule has 0 fully saturated rings. The SMILES string of the molecule is N=C(N)SCCCn1cc(C2=C(c3c[nH]c4ccccc34)C(=O)NC2=O)c2cc3c(cc21)OCO3. The lowest BCUT2D eigenvalue weighted by atomic mass is 9.95. The van der Waals surface area contributed by atoms with Crippen molar-refractivity contribution in [1.29, 1.82) is 5.41 Å². The van der Waals surface area contributed by atoms with E-state index in [2.05, 4.69) is 10.3 Å². The molecule has 2 aromatic carbocycles. The number of para-hydroxylation sites is 1. The number of nitrogens with zero attached hydrogens (tertiary/aromatic N) is 1. The summed E-state index contributed by atoms with van der Waals surface area (Å²) in [5.74, 6) is 1.08. The van der Waals surface area contributed by atoms with Crippen molar-refractivity contribution in [3.05, 3.63) is 59.9 Å². The lowest BCUT2D eigenvalue weighted by Crippen LogP contribution is -2.22. The quantitative estimate of drug-likeness (QED) is 0.142. The van der Waals surface area contributed by atoms with Crippen molar-refractivity contribution in [2.75, 3.05) is 12.5 Å². The molecule has 176 valence electrons. The number of H-pyrrole nitrogens is 1. The van der Waals surface area contributed by atoms with E-state index in [-0.39, 0.29) is 12.0 Å². The summed E-state index contributed by atoms with van der Waals surface area (Å²) in [6, 6.07) is 11.4. The Kier molecular flexibility index (Phi) is 5.03. The molecule has 0 bridgehead atoms. The number of aromatic nitrogens is 2. The Labute approximate surface area is 203 Å². The van der Waals surface area contributed by atoms with Crippen LogP contribution in [-0.2, 0) is 16.1 Å². The number of carbonyl (C=O) groups is 2. The summed E-state index contributed by atoms with van der Waals surface area (Å²) >= 11 is 1.29. The van der Waals surface area contributed by atoms with Crippen molar-refractivity contribution in [1.82, 2.24) is 14.9 Å². The predicted molar refractivity (Wildman–Crippen MR) is 135 cm³/mol. The molecule has 2 aliphatic heterocycles. The number of imide groups is 1. The largest absolute Gasteiger partial charge is 0.454 e. The monoisotopic (exact) mass is 487 g/mol. The summed E-state index contributed by atoms with van der Waals surface area (Å²) in [6.45, 7) is 0.774. The number of hydrogen-bond donors (Lipinski definition) is 4. The van der Waals surface area contributed by atoms with Gasteiger partial charge in [-0.2, -0.15) is 0 Å². The number of hydrogen-bond acceptors (Lipinski definition) is 6. The van der Waals surface area contributed by atoms with Crippen molar-refractivity contribution in [3.8, 4) is 11.5 Å². The molecule has 2 aromatic heterocycles. The molecular formula is C25H21N5O4S. The summed E-state index contributed by atoms with van der Waals surface area (Å²) < 4.78 is 13.2. The lowest BCUT2D eigenvalue weighted by Gasteiger charge is -2.05. The zero-order valence-electron chi connectivity index (χ0n) is 18.5. The highest BCUT2D eigenvalue weighted by Crippen LogP contribution is 2.42. The molecule has 0 radical (unpaired) electrons. The zero-order chi connectivity index (χ0) is 24.1. The lowest BCUT2D eigenvalue weighted by molar-refractivity contribution is -0.122. The molecule has 2 amide bonds. The van der Waals surface area contributed by atoms with E-state index in [0.717, 1.165) is 28.2 Å². The van der Waals surface area contributed by atoms with Crippen LogP contribution >= 0.6 is 11.8 Å². The summed E-state index contributed by atoms with van der Waals surface area (Å²) in [4.78, 5) is 29.4. The number of ether oxygens (including phenoxy) is 2. The maximum Gasteiger partial charge on any atom is 0.259 e. The van der Waals surface area contributed by atoms with Crippen molar-refractivity contribution in [2.24, 2.45) is 5.73 Å². The highest BCUT2D eigenvalue weighted by molar-refractivity contribution is 8.13. The Balaban J connectivity index is 1.54. The van der Waals surface area contributed by atoms with Gasteiger partial charge in [-0.15, -0.1) is 0 Å². The first kappa shape index (κ1) is 21.4. The summed E-state index contributed by atoms with van der Waals surface area (Å²) in [7, 11) is 0. The fraction of sp³-hybridized carbons (Fsp3) is 0.160. The Morgan fingerprint density at radius 2 is 1.80 bits per heavy atom. The van der Waals surface area contributed by atoms with E-state index in [1.807, 2.05) is 47.2 Å². The van der Waals surface area contributed by atoms with Crippen molar-refractivity contribution < 1.29 is 19.1 Å². The van der Waals surface area contributed by atoms with Gasteiger partial charge >= 0.3 is 0 Å². The van der Waals surface area contributed by atoms with E-state index in [0.29, 0.717) is 46.1 Å². The number of amidine groups is 1. The van der Waals surface area contributed by atoms with Crippen LogP contribution in [-0.4, -0.2) is 39.1 Å². The number of aryl methyl sites for hydroxylation is 1. The molecule has 35 heavy (non-hydrogen) atoms. The first-order valence-electron chi connectivity index (χ1n) is 11.1. The van der Waals surface area contributed by atoms with Gasteiger partial charge in [0.15, 0.2) is 16.7 Å². The van der Waals surface area contributed by atoms with E-state index in [4.69, 9.17) is 20.6 Å². The Morgan fingerprint density at radius 1 is 1.06 bits per heavy atom. The number of nitrogens with two attached hydrogens (primary N) is 1. The van der Waals surface area contributed by atoms with Gasteiger partial charge in [-0.05, 0) is 18.6 Å². The van der Waals surface area contributed by atoms with Crippen LogP contribution in [0, 0.1) is 5.41 Å². The molecule has 0 saturated carbocycles. The van der Waals surface area contributed by atoms with Crippen LogP contribution < -0.4 is 20.5 Å². The summed E-state index contributed by atoms with van der Waals surface area (Å²) in [6.07, 6.45) is 4.44. The number of rotatable bonds is 6. The third kappa shape index (κ3) is 3.53. The normalized spacial score (nSPS) is 15.0. The highest BCUT2D eigenvalue weighted by atomic mass is 32.2. The Morgan fingerprint density at radius 3 is 2.60 bits per heavy atom. The molecule has 2 aliphatic rings. The highest BCUT2D eigenvalue weighted by Gasteiger charge is 2.35. The Bertz CT molecular complexity index is 1580. The number of carbonyl (C=O) groups excluding carboxylic acids is 2. The first-order valence-corrected chi connectivity index (χ1v) is 12.1. The third-order valence-corrected chi connectivity index (χ3v) is 7.04. The average molecular weight is 488 g/mol. The van der Waals surface area contributed by atoms with Gasteiger partial charge < -0.3 is 24.8 Å². The van der Waals surface area contributed by atoms with Gasteiger partial charge in [0, 0.05) is 58.2 Å². The van der Waals surface area contributed by atoms with Crippen LogP contribution in [0.15, 0.2) is 48.8 Å². The second kappa shape index (κ2) is 8.24. The second-order valence-corrected chi connectivity index (χ2v) is 9.44. The fourth-order valence-corrected chi connectivity index (χ4v) is 5.22. The topological polar surface area (TPSA) is 135 Å². The van der Waals surface area contributed by atoms with Crippen molar-refractivity contribution in [2.45, 2.75) is 13.0 Å². The molecular weight excluding hydrogens is 466 g/mol.